The van der Waals surface area contributed by atoms with Crippen molar-refractivity contribution in [2.75, 3.05) is 20.3 Å². The first-order chi connectivity index (χ1) is 22.5. The molecule has 2 bridgehead atoms. The quantitative estimate of drug-likeness (QED) is 0.0818. The number of carbonyl (C=O) groups excluding carboxylic acids is 3. The topological polar surface area (TPSA) is 248 Å². The Labute approximate surface area is 276 Å². The molecule has 7 N–H and O–H groups in total. The molecule has 2 saturated carbocycles. The van der Waals surface area contributed by atoms with Crippen LogP contribution >= 0.6 is 0 Å². The minimum absolute atomic E-state index is 0.0624. The summed E-state index contributed by atoms with van der Waals surface area (Å²) in [6.45, 7) is 5.93. The molecule has 0 aromatic rings. The number of methoxy groups -OCH3 is 1. The van der Waals surface area contributed by atoms with Gasteiger partial charge in [0.25, 0.3) is 0 Å². The first kappa shape index (κ1) is 35.6. The molecule has 1 spiro atoms. The second kappa shape index (κ2) is 12.2. The maximum absolute atomic E-state index is 13.7. The van der Waals surface area contributed by atoms with Crippen molar-refractivity contribution in [3.05, 3.63) is 11.6 Å². The molecule has 0 aromatic heterocycles. The predicted molar refractivity (Wildman–Crippen MR) is 156 cm³/mol. The average Bonchev–Trinajstić information content (AvgIpc) is 3.34. The second-order valence-electron chi connectivity index (χ2n) is 14.8. The van der Waals surface area contributed by atoms with E-state index in [2.05, 4.69) is 0 Å². The van der Waals surface area contributed by atoms with Gasteiger partial charge < -0.3 is 64.2 Å². The molecule has 3 heterocycles. The van der Waals surface area contributed by atoms with Crippen LogP contribution in [0.25, 0.3) is 0 Å². The van der Waals surface area contributed by atoms with Gasteiger partial charge in [-0.1, -0.05) is 32.4 Å². The van der Waals surface area contributed by atoms with Gasteiger partial charge in [0.05, 0.1) is 38.4 Å². The van der Waals surface area contributed by atoms with E-state index in [1.54, 1.807) is 33.8 Å². The van der Waals surface area contributed by atoms with Crippen molar-refractivity contribution in [2.24, 2.45) is 34.5 Å². The highest BCUT2D eigenvalue weighted by Crippen LogP contribution is 2.73. The number of carbonyl (C=O) groups is 3. The zero-order valence-electron chi connectivity index (χ0n) is 27.4. The molecule has 3 aliphatic heterocycles. The standard InChI is InChI=1S/C32H46O16/c1-11(2)6-17(34)48-22-24-31-10-44-32(24,29(42)43-5)26(40)21(38)23(31)30(4)13(8-16(31)47-27(22)41)12(3)7-14(25(30)39)45-28-20(37)19(36)18(35)15(9-33)46-28/h7,11,13-16,18-26,28,33,35-40H,6,8-10H2,1-5H3/t13-,14-,15+,16+,18+,19-,20+,21+,22+,23+,24+,25-,26-,28+,30-,31+,32+/m0/s1. The normalized spacial score (nSPS) is 50.9. The minimum atomic E-state index is -2.33. The fourth-order valence-electron chi connectivity index (χ4n) is 9.92. The lowest BCUT2D eigenvalue weighted by atomic mass is 9.37. The number of allylic oxidation sites excluding steroid dienone is 1. The number of aliphatic hydroxyl groups is 7. The van der Waals surface area contributed by atoms with E-state index in [1.165, 1.54) is 0 Å². The molecule has 48 heavy (non-hydrogen) atoms. The smallest absolute Gasteiger partial charge is 0.348 e. The van der Waals surface area contributed by atoms with Crippen LogP contribution in [0.4, 0.5) is 0 Å². The van der Waals surface area contributed by atoms with Gasteiger partial charge in [0.2, 0.25) is 11.7 Å². The van der Waals surface area contributed by atoms with Gasteiger partial charge in [0.15, 0.2) is 6.29 Å². The number of hydrogen-bond acceptors (Lipinski definition) is 16. The van der Waals surface area contributed by atoms with Gasteiger partial charge >= 0.3 is 17.9 Å². The molecule has 0 amide bonds. The van der Waals surface area contributed by atoms with E-state index in [1.807, 2.05) is 0 Å². The van der Waals surface area contributed by atoms with E-state index in [0.29, 0.717) is 5.57 Å². The number of hydrogen-bond donors (Lipinski definition) is 7. The SMILES string of the molecule is COC(=O)[C@]12OC[C@]34[C@H]([C@@H](O)[C@@H]1O)[C@]1(C)[C@@H](C[C@H]3OC(=O)[C@H](OC(=O)CC(C)C)[C@@H]24)C(C)=C[C@H](O[C@@H]2O[C@H](CO)[C@@H](O)[C@H](O)[C@H]2O)[C@@H]1O. The summed E-state index contributed by atoms with van der Waals surface area (Å²) >= 11 is 0. The Bertz CT molecular complexity index is 1330. The van der Waals surface area contributed by atoms with E-state index in [0.717, 1.165) is 7.11 Å². The van der Waals surface area contributed by atoms with Crippen LogP contribution < -0.4 is 0 Å². The number of rotatable bonds is 7. The molecule has 0 unspecified atom stereocenters. The second-order valence-corrected chi connectivity index (χ2v) is 14.8. The third-order valence-electron chi connectivity index (χ3n) is 12.0. The molecule has 270 valence electrons. The Balaban J connectivity index is 1.45. The molecule has 6 rings (SSSR count). The molecule has 3 aliphatic carbocycles. The molecule has 5 fully saturated rings. The lowest BCUT2D eigenvalue weighted by Gasteiger charge is -2.68. The maximum atomic E-state index is 13.7. The van der Waals surface area contributed by atoms with Crippen LogP contribution in [0.2, 0.25) is 0 Å². The van der Waals surface area contributed by atoms with Gasteiger partial charge in [0, 0.05) is 23.2 Å². The van der Waals surface area contributed by atoms with Crippen LogP contribution in [0.1, 0.15) is 40.5 Å². The highest BCUT2D eigenvalue weighted by molar-refractivity contribution is 5.87. The fourth-order valence-corrected chi connectivity index (χ4v) is 9.92. The summed E-state index contributed by atoms with van der Waals surface area (Å²) in [6, 6.07) is 0. The van der Waals surface area contributed by atoms with Gasteiger partial charge in [-0.25, -0.2) is 9.59 Å². The van der Waals surface area contributed by atoms with Crippen LogP contribution in [0.5, 0.6) is 0 Å². The van der Waals surface area contributed by atoms with Crippen molar-refractivity contribution in [1.29, 1.82) is 0 Å². The summed E-state index contributed by atoms with van der Waals surface area (Å²) in [5.74, 6) is -6.06. The van der Waals surface area contributed by atoms with E-state index < -0.39 is 126 Å². The summed E-state index contributed by atoms with van der Waals surface area (Å²) in [6.07, 6.45) is -15.7. The third kappa shape index (κ3) is 4.68. The first-order valence-electron chi connectivity index (χ1n) is 16.3. The average molecular weight is 687 g/mol. The Kier molecular flexibility index (Phi) is 9.05. The molecule has 0 aromatic carbocycles. The number of esters is 3. The van der Waals surface area contributed by atoms with Crippen LogP contribution in [0.3, 0.4) is 0 Å². The Morgan fingerprint density at radius 3 is 2.33 bits per heavy atom. The summed E-state index contributed by atoms with van der Waals surface area (Å²) in [7, 11) is 1.06. The van der Waals surface area contributed by atoms with Gasteiger partial charge in [-0.15, -0.1) is 0 Å². The Morgan fingerprint density at radius 1 is 1.02 bits per heavy atom. The zero-order valence-corrected chi connectivity index (χ0v) is 27.4. The molecule has 3 saturated heterocycles. The molecule has 17 atom stereocenters. The maximum Gasteiger partial charge on any atom is 0.348 e. The van der Waals surface area contributed by atoms with Gasteiger partial charge in [-0.05, 0) is 25.2 Å². The summed E-state index contributed by atoms with van der Waals surface area (Å²) in [5, 5.41) is 77.0. The highest BCUT2D eigenvalue weighted by Gasteiger charge is 2.85. The highest BCUT2D eigenvalue weighted by atomic mass is 16.7. The van der Waals surface area contributed by atoms with Crippen LogP contribution in [0.15, 0.2) is 11.6 Å². The fraction of sp³-hybridized carbons (Fsp3) is 0.844. The van der Waals surface area contributed by atoms with Gasteiger partial charge in [0.1, 0.15) is 42.7 Å². The van der Waals surface area contributed by atoms with E-state index in [9.17, 15) is 50.1 Å². The van der Waals surface area contributed by atoms with Crippen molar-refractivity contribution >= 4 is 17.9 Å². The van der Waals surface area contributed by atoms with E-state index >= 15 is 0 Å². The summed E-state index contributed by atoms with van der Waals surface area (Å²) < 4.78 is 34.5. The summed E-state index contributed by atoms with van der Waals surface area (Å²) in [5.41, 5.74) is -4.60. The molecule has 6 aliphatic rings. The van der Waals surface area contributed by atoms with E-state index in [4.69, 9.17) is 28.4 Å². The largest absolute Gasteiger partial charge is 0.467 e. The zero-order chi connectivity index (χ0) is 35.2. The van der Waals surface area contributed by atoms with Crippen molar-refractivity contribution in [3.63, 3.8) is 0 Å². The summed E-state index contributed by atoms with van der Waals surface area (Å²) in [4.78, 5) is 40.3. The van der Waals surface area contributed by atoms with E-state index in [-0.39, 0.29) is 25.4 Å². The molecular formula is C32H46O16. The predicted octanol–water partition coefficient (Wildman–Crippen LogP) is -2.70. The Hall–Kier alpha value is -2.25. The van der Waals surface area contributed by atoms with Crippen LogP contribution in [0, 0.1) is 34.5 Å². The molecule has 0 radical (unpaired) electrons. The van der Waals surface area contributed by atoms with Crippen molar-refractivity contribution in [3.8, 4) is 0 Å². The number of fused-ring (bicyclic) bond motifs is 2. The first-order valence-corrected chi connectivity index (χ1v) is 16.3. The van der Waals surface area contributed by atoms with Gasteiger partial charge in [-0.2, -0.15) is 0 Å². The lowest BCUT2D eigenvalue weighted by Crippen LogP contribution is -2.80. The molecular weight excluding hydrogens is 640 g/mol. The molecule has 16 heteroatoms. The van der Waals surface area contributed by atoms with Crippen LogP contribution in [-0.4, -0.2) is 147 Å². The number of aliphatic hydroxyl groups excluding tert-OH is 7. The Morgan fingerprint density at radius 2 is 1.71 bits per heavy atom. The number of ether oxygens (including phenoxy) is 6. The monoisotopic (exact) mass is 686 g/mol. The van der Waals surface area contributed by atoms with Crippen molar-refractivity contribution in [1.82, 2.24) is 0 Å². The minimum Gasteiger partial charge on any atom is -0.467 e. The van der Waals surface area contributed by atoms with Gasteiger partial charge in [-0.3, -0.25) is 4.79 Å². The third-order valence-corrected chi connectivity index (χ3v) is 12.0. The molecule has 16 nitrogen and oxygen atoms in total. The van der Waals surface area contributed by atoms with Crippen molar-refractivity contribution < 1.29 is 78.6 Å². The lowest BCUT2D eigenvalue weighted by molar-refractivity contribution is -0.330. The van der Waals surface area contributed by atoms with Crippen molar-refractivity contribution in [2.45, 2.75) is 113 Å². The van der Waals surface area contributed by atoms with Crippen LogP contribution in [-0.2, 0) is 42.8 Å².